The molecule has 0 aromatic heterocycles. The van der Waals surface area contributed by atoms with Gasteiger partial charge < -0.3 is 15.2 Å². The van der Waals surface area contributed by atoms with Crippen molar-refractivity contribution in [3.63, 3.8) is 0 Å². The third-order valence-electron chi connectivity index (χ3n) is 4.98. The van der Waals surface area contributed by atoms with Crippen molar-refractivity contribution < 1.29 is 14.6 Å². The minimum Gasteiger partial charge on any atom is -0.376 e. The summed E-state index contributed by atoms with van der Waals surface area (Å²) in [6.07, 6.45) is 2.96. The molecule has 0 radical (unpaired) electrons. The molecule has 0 saturated heterocycles. The summed E-state index contributed by atoms with van der Waals surface area (Å²) >= 11 is 0. The van der Waals surface area contributed by atoms with Gasteiger partial charge in [0.2, 0.25) is 0 Å². The summed E-state index contributed by atoms with van der Waals surface area (Å²) < 4.78 is 5.55. The Hall–Kier alpha value is -2.17. The third kappa shape index (κ3) is 2.95. The van der Waals surface area contributed by atoms with Gasteiger partial charge in [0, 0.05) is 13.7 Å². The van der Waals surface area contributed by atoms with Crippen LogP contribution in [0, 0.1) is 0 Å². The standard InChI is InChI=1S/C20H23NO3/c1-24-19(13-8-14-19)15-21-18(22)20(23,16-9-4-2-5-10-16)17-11-6-3-7-12-17/h2-7,9-12,23H,8,13-15H2,1H3,(H,21,22). The van der Waals surface area contributed by atoms with Crippen molar-refractivity contribution in [3.05, 3.63) is 71.8 Å². The Morgan fingerprint density at radius 2 is 1.58 bits per heavy atom. The monoisotopic (exact) mass is 325 g/mol. The van der Waals surface area contributed by atoms with Gasteiger partial charge in [-0.1, -0.05) is 60.7 Å². The molecule has 4 nitrogen and oxygen atoms in total. The Morgan fingerprint density at radius 1 is 1.08 bits per heavy atom. The van der Waals surface area contributed by atoms with Crippen molar-refractivity contribution >= 4 is 5.91 Å². The van der Waals surface area contributed by atoms with E-state index in [1.807, 2.05) is 36.4 Å². The number of rotatable bonds is 6. The van der Waals surface area contributed by atoms with Gasteiger partial charge >= 0.3 is 0 Å². The van der Waals surface area contributed by atoms with Crippen molar-refractivity contribution in [2.75, 3.05) is 13.7 Å². The number of nitrogens with one attached hydrogen (secondary N) is 1. The molecule has 0 atom stereocenters. The number of methoxy groups -OCH3 is 1. The fourth-order valence-corrected chi connectivity index (χ4v) is 3.18. The number of amides is 1. The molecule has 0 unspecified atom stereocenters. The van der Waals surface area contributed by atoms with Crippen LogP contribution in [0.2, 0.25) is 0 Å². The van der Waals surface area contributed by atoms with E-state index in [-0.39, 0.29) is 5.60 Å². The number of ether oxygens (including phenoxy) is 1. The van der Waals surface area contributed by atoms with Crippen LogP contribution in [0.1, 0.15) is 30.4 Å². The van der Waals surface area contributed by atoms with E-state index >= 15 is 0 Å². The predicted molar refractivity (Wildman–Crippen MR) is 92.5 cm³/mol. The molecule has 0 spiro atoms. The molecule has 1 saturated carbocycles. The van der Waals surface area contributed by atoms with Crippen molar-refractivity contribution in [3.8, 4) is 0 Å². The summed E-state index contributed by atoms with van der Waals surface area (Å²) in [4.78, 5) is 13.0. The van der Waals surface area contributed by atoms with E-state index in [1.54, 1.807) is 31.4 Å². The van der Waals surface area contributed by atoms with Crippen molar-refractivity contribution in [2.45, 2.75) is 30.5 Å². The van der Waals surface area contributed by atoms with Crippen LogP contribution in [0.3, 0.4) is 0 Å². The number of benzene rings is 2. The molecule has 2 aromatic rings. The van der Waals surface area contributed by atoms with Gasteiger partial charge in [-0.2, -0.15) is 0 Å². The van der Waals surface area contributed by atoms with Crippen molar-refractivity contribution in [1.29, 1.82) is 0 Å². The Morgan fingerprint density at radius 3 is 1.96 bits per heavy atom. The molecule has 2 N–H and O–H groups in total. The first kappa shape index (κ1) is 16.7. The van der Waals surface area contributed by atoms with Crippen LogP contribution >= 0.6 is 0 Å². The van der Waals surface area contributed by atoms with Gasteiger partial charge in [-0.3, -0.25) is 4.79 Å². The van der Waals surface area contributed by atoms with Gasteiger partial charge in [0.25, 0.3) is 5.91 Å². The van der Waals surface area contributed by atoms with Crippen molar-refractivity contribution in [2.24, 2.45) is 0 Å². The van der Waals surface area contributed by atoms with Crippen LogP contribution in [0.5, 0.6) is 0 Å². The molecule has 126 valence electrons. The Kier molecular flexibility index (Phi) is 4.69. The molecule has 1 amide bonds. The fourth-order valence-electron chi connectivity index (χ4n) is 3.18. The maximum Gasteiger partial charge on any atom is 0.261 e. The topological polar surface area (TPSA) is 58.6 Å². The Balaban J connectivity index is 1.89. The average Bonchev–Trinajstić information content (AvgIpc) is 2.61. The highest BCUT2D eigenvalue weighted by molar-refractivity contribution is 5.90. The Labute approximate surface area is 142 Å². The van der Waals surface area contributed by atoms with E-state index in [9.17, 15) is 9.90 Å². The zero-order valence-electron chi connectivity index (χ0n) is 13.9. The quantitative estimate of drug-likeness (QED) is 0.858. The lowest BCUT2D eigenvalue weighted by molar-refractivity contribution is -0.140. The van der Waals surface area contributed by atoms with Crippen LogP contribution in [-0.4, -0.2) is 30.3 Å². The maximum atomic E-state index is 13.0. The number of hydrogen-bond acceptors (Lipinski definition) is 3. The number of aliphatic hydroxyl groups is 1. The maximum absolute atomic E-state index is 13.0. The molecule has 1 aliphatic rings. The van der Waals surface area contributed by atoms with Gasteiger partial charge in [0.05, 0.1) is 5.60 Å². The highest BCUT2D eigenvalue weighted by atomic mass is 16.5. The number of carbonyl (C=O) groups excluding carboxylic acids is 1. The largest absolute Gasteiger partial charge is 0.376 e. The molecular formula is C20H23NO3. The molecule has 0 bridgehead atoms. The molecule has 4 heteroatoms. The number of hydrogen-bond donors (Lipinski definition) is 2. The minimum absolute atomic E-state index is 0.288. The van der Waals surface area contributed by atoms with Crippen LogP contribution in [0.15, 0.2) is 60.7 Å². The van der Waals surface area contributed by atoms with E-state index in [1.165, 1.54) is 0 Å². The normalized spacial score (nSPS) is 16.2. The van der Waals surface area contributed by atoms with Gasteiger partial charge in [0.15, 0.2) is 5.60 Å². The van der Waals surface area contributed by atoms with Gasteiger partial charge in [-0.25, -0.2) is 0 Å². The molecule has 1 fully saturated rings. The molecule has 0 heterocycles. The van der Waals surface area contributed by atoms with Gasteiger partial charge in [-0.05, 0) is 30.4 Å². The second kappa shape index (κ2) is 6.75. The average molecular weight is 325 g/mol. The first-order valence-electron chi connectivity index (χ1n) is 8.28. The molecule has 0 aliphatic heterocycles. The van der Waals surface area contributed by atoms with Crippen molar-refractivity contribution in [1.82, 2.24) is 5.32 Å². The summed E-state index contributed by atoms with van der Waals surface area (Å²) in [6, 6.07) is 18.1. The van der Waals surface area contributed by atoms with E-state index in [4.69, 9.17) is 4.74 Å². The minimum atomic E-state index is -1.72. The van der Waals surface area contributed by atoms with Crippen LogP contribution in [-0.2, 0) is 15.1 Å². The number of carbonyl (C=O) groups is 1. The van der Waals surface area contributed by atoms with Crippen LogP contribution < -0.4 is 5.32 Å². The van der Waals surface area contributed by atoms with E-state index in [0.29, 0.717) is 17.7 Å². The lowest BCUT2D eigenvalue weighted by Gasteiger charge is -2.41. The smallest absolute Gasteiger partial charge is 0.261 e. The second-order valence-electron chi connectivity index (χ2n) is 6.37. The highest BCUT2D eigenvalue weighted by Gasteiger charge is 2.43. The van der Waals surface area contributed by atoms with Crippen LogP contribution in [0.25, 0.3) is 0 Å². The molecule has 2 aromatic carbocycles. The third-order valence-corrected chi connectivity index (χ3v) is 4.98. The predicted octanol–water partition coefficient (Wildman–Crippen LogP) is 2.61. The summed E-state index contributed by atoms with van der Waals surface area (Å²) in [5, 5.41) is 14.2. The first-order chi connectivity index (χ1) is 11.6. The molecular weight excluding hydrogens is 302 g/mol. The lowest BCUT2D eigenvalue weighted by atomic mass is 9.79. The lowest BCUT2D eigenvalue weighted by Crippen LogP contribution is -2.54. The summed E-state index contributed by atoms with van der Waals surface area (Å²) in [5.74, 6) is -0.428. The molecule has 1 aliphatic carbocycles. The summed E-state index contributed by atoms with van der Waals surface area (Å²) in [5.41, 5.74) is -0.909. The first-order valence-corrected chi connectivity index (χ1v) is 8.28. The Bertz CT molecular complexity index is 636. The zero-order valence-corrected chi connectivity index (χ0v) is 13.9. The SMILES string of the molecule is COC1(CNC(=O)C(O)(c2ccccc2)c2ccccc2)CCC1. The summed E-state index contributed by atoms with van der Waals surface area (Å²) in [7, 11) is 1.67. The molecule has 24 heavy (non-hydrogen) atoms. The van der Waals surface area contributed by atoms with E-state index < -0.39 is 11.5 Å². The molecule has 3 rings (SSSR count). The highest BCUT2D eigenvalue weighted by Crippen LogP contribution is 2.35. The van der Waals surface area contributed by atoms with Gasteiger partial charge in [-0.15, -0.1) is 0 Å². The fraction of sp³-hybridized carbons (Fsp3) is 0.350. The van der Waals surface area contributed by atoms with Gasteiger partial charge in [0.1, 0.15) is 0 Å². The second-order valence-corrected chi connectivity index (χ2v) is 6.37. The summed E-state index contributed by atoms with van der Waals surface area (Å²) in [6.45, 7) is 0.407. The van der Waals surface area contributed by atoms with E-state index in [0.717, 1.165) is 19.3 Å². The van der Waals surface area contributed by atoms with Crippen LogP contribution in [0.4, 0.5) is 0 Å². The zero-order chi connectivity index (χ0) is 17.0. The van der Waals surface area contributed by atoms with E-state index in [2.05, 4.69) is 5.32 Å².